The molecule has 0 saturated carbocycles. The Balaban J connectivity index is 2.09. The van der Waals surface area contributed by atoms with Crippen molar-refractivity contribution in [3.8, 4) is 0 Å². The first-order chi connectivity index (χ1) is 7.40. The third kappa shape index (κ3) is 2.72. The van der Waals surface area contributed by atoms with E-state index in [2.05, 4.69) is 41.8 Å². The number of anilines is 1. The topological polar surface area (TPSA) is 24.1 Å². The number of piperidine rings is 1. The van der Waals surface area contributed by atoms with Crippen LogP contribution in [-0.2, 0) is 0 Å². The van der Waals surface area contributed by atoms with Crippen LogP contribution in [0.2, 0.25) is 0 Å². The van der Waals surface area contributed by atoms with E-state index >= 15 is 0 Å². The highest BCUT2D eigenvalue weighted by Crippen LogP contribution is 2.26. The summed E-state index contributed by atoms with van der Waals surface area (Å²) in [6.07, 6.45) is 2.55. The largest absolute Gasteiger partial charge is 0.385 e. The predicted octanol–water partition coefficient (Wildman–Crippen LogP) is 2.59. The van der Waals surface area contributed by atoms with Gasteiger partial charge in [0.1, 0.15) is 0 Å². The molecule has 0 aliphatic carbocycles. The van der Waals surface area contributed by atoms with Crippen LogP contribution in [0, 0.1) is 0 Å². The zero-order chi connectivity index (χ0) is 10.5. The number of hydrogen-bond acceptors (Lipinski definition) is 2. The molecular weight excluding hydrogens is 184 g/mol. The molecule has 2 nitrogen and oxygen atoms in total. The Morgan fingerprint density at radius 1 is 1.33 bits per heavy atom. The van der Waals surface area contributed by atoms with Crippen molar-refractivity contribution in [2.24, 2.45) is 0 Å². The first-order valence-electron chi connectivity index (χ1n) is 5.94. The summed E-state index contributed by atoms with van der Waals surface area (Å²) in [4.78, 5) is 0. The highest BCUT2D eigenvalue weighted by atomic mass is 14.9. The molecule has 1 aliphatic rings. The molecule has 15 heavy (non-hydrogen) atoms. The van der Waals surface area contributed by atoms with Gasteiger partial charge in [-0.2, -0.15) is 0 Å². The van der Waals surface area contributed by atoms with Gasteiger partial charge in [-0.25, -0.2) is 0 Å². The molecule has 0 bridgehead atoms. The molecule has 1 aromatic rings. The van der Waals surface area contributed by atoms with Gasteiger partial charge in [-0.05, 0) is 56.5 Å². The van der Waals surface area contributed by atoms with Crippen LogP contribution < -0.4 is 10.6 Å². The molecule has 0 aromatic heterocycles. The Labute approximate surface area is 92.1 Å². The van der Waals surface area contributed by atoms with E-state index in [1.165, 1.54) is 24.1 Å². The molecule has 2 N–H and O–H groups in total. The maximum atomic E-state index is 3.41. The maximum Gasteiger partial charge on any atom is 0.0342 e. The van der Waals surface area contributed by atoms with Gasteiger partial charge in [-0.1, -0.05) is 12.1 Å². The minimum atomic E-state index is 0.754. The zero-order valence-electron chi connectivity index (χ0n) is 9.42. The predicted molar refractivity (Wildman–Crippen MR) is 65.5 cm³/mol. The lowest BCUT2D eigenvalue weighted by Gasteiger charge is -2.23. The molecule has 2 heteroatoms. The maximum absolute atomic E-state index is 3.41. The van der Waals surface area contributed by atoms with E-state index in [0.29, 0.717) is 0 Å². The molecular formula is C13H20N2. The molecule has 0 atom stereocenters. The fourth-order valence-electron chi connectivity index (χ4n) is 2.26. The van der Waals surface area contributed by atoms with Crippen molar-refractivity contribution in [3.05, 3.63) is 29.8 Å². The Morgan fingerprint density at radius 2 is 2.13 bits per heavy atom. The summed E-state index contributed by atoms with van der Waals surface area (Å²) in [5.41, 5.74) is 2.75. The second kappa shape index (κ2) is 5.17. The van der Waals surface area contributed by atoms with Crippen molar-refractivity contribution in [1.29, 1.82) is 0 Å². The minimum absolute atomic E-state index is 0.754. The molecule has 0 unspecified atom stereocenters. The van der Waals surface area contributed by atoms with Gasteiger partial charge < -0.3 is 10.6 Å². The van der Waals surface area contributed by atoms with Crippen LogP contribution in [0.25, 0.3) is 0 Å². The van der Waals surface area contributed by atoms with Crippen molar-refractivity contribution in [1.82, 2.24) is 5.32 Å². The highest BCUT2D eigenvalue weighted by molar-refractivity contribution is 5.46. The van der Waals surface area contributed by atoms with Gasteiger partial charge in [0.05, 0.1) is 0 Å². The lowest BCUT2D eigenvalue weighted by Crippen LogP contribution is -2.26. The fourth-order valence-corrected chi connectivity index (χ4v) is 2.26. The molecule has 0 spiro atoms. The average Bonchev–Trinajstić information content (AvgIpc) is 2.31. The molecule has 1 aromatic carbocycles. The number of rotatable bonds is 3. The fraction of sp³-hybridized carbons (Fsp3) is 0.538. The van der Waals surface area contributed by atoms with Crippen LogP contribution in [0.15, 0.2) is 24.3 Å². The molecule has 1 aliphatic heterocycles. The molecule has 1 fully saturated rings. The molecule has 82 valence electrons. The van der Waals surface area contributed by atoms with Crippen LogP contribution >= 0.6 is 0 Å². The molecule has 2 rings (SSSR count). The first-order valence-corrected chi connectivity index (χ1v) is 5.94. The van der Waals surface area contributed by atoms with Crippen LogP contribution in [0.1, 0.15) is 31.2 Å². The summed E-state index contributed by atoms with van der Waals surface area (Å²) in [6, 6.07) is 8.87. The van der Waals surface area contributed by atoms with Crippen molar-refractivity contribution >= 4 is 5.69 Å². The second-order valence-electron chi connectivity index (χ2n) is 4.18. The van der Waals surface area contributed by atoms with Crippen molar-refractivity contribution in [2.45, 2.75) is 25.7 Å². The summed E-state index contributed by atoms with van der Waals surface area (Å²) < 4.78 is 0. The summed E-state index contributed by atoms with van der Waals surface area (Å²) in [5.74, 6) is 0.754. The third-order valence-electron chi connectivity index (χ3n) is 3.08. The Kier molecular flexibility index (Phi) is 3.62. The van der Waals surface area contributed by atoms with E-state index < -0.39 is 0 Å². The van der Waals surface area contributed by atoms with E-state index in [9.17, 15) is 0 Å². The molecule has 1 heterocycles. The minimum Gasteiger partial charge on any atom is -0.385 e. The SMILES string of the molecule is CCNc1cccc(C2CCNCC2)c1. The van der Waals surface area contributed by atoms with Gasteiger partial charge in [-0.15, -0.1) is 0 Å². The second-order valence-corrected chi connectivity index (χ2v) is 4.18. The van der Waals surface area contributed by atoms with Crippen LogP contribution in [0.4, 0.5) is 5.69 Å². The van der Waals surface area contributed by atoms with Crippen molar-refractivity contribution in [3.63, 3.8) is 0 Å². The zero-order valence-corrected chi connectivity index (χ0v) is 9.42. The van der Waals surface area contributed by atoms with Gasteiger partial charge in [0.2, 0.25) is 0 Å². The monoisotopic (exact) mass is 204 g/mol. The lowest BCUT2D eigenvalue weighted by atomic mass is 9.90. The van der Waals surface area contributed by atoms with E-state index in [1.807, 2.05) is 0 Å². The van der Waals surface area contributed by atoms with Crippen molar-refractivity contribution in [2.75, 3.05) is 25.0 Å². The smallest absolute Gasteiger partial charge is 0.0342 e. The number of benzene rings is 1. The first kappa shape index (κ1) is 10.5. The summed E-state index contributed by atoms with van der Waals surface area (Å²) in [7, 11) is 0. The third-order valence-corrected chi connectivity index (χ3v) is 3.08. The lowest BCUT2D eigenvalue weighted by molar-refractivity contribution is 0.460. The summed E-state index contributed by atoms with van der Waals surface area (Å²) in [5, 5.41) is 6.78. The number of nitrogens with one attached hydrogen (secondary N) is 2. The Bertz CT molecular complexity index is 303. The van der Waals surface area contributed by atoms with E-state index in [-0.39, 0.29) is 0 Å². The highest BCUT2D eigenvalue weighted by Gasteiger charge is 2.14. The molecule has 1 saturated heterocycles. The van der Waals surface area contributed by atoms with Crippen molar-refractivity contribution < 1.29 is 0 Å². The van der Waals surface area contributed by atoms with Gasteiger partial charge in [-0.3, -0.25) is 0 Å². The quantitative estimate of drug-likeness (QED) is 0.790. The van der Waals surface area contributed by atoms with E-state index in [4.69, 9.17) is 0 Å². The standard InChI is InChI=1S/C13H20N2/c1-2-15-13-5-3-4-12(10-13)11-6-8-14-9-7-11/h3-5,10-11,14-15H,2,6-9H2,1H3. The van der Waals surface area contributed by atoms with E-state index in [0.717, 1.165) is 25.6 Å². The van der Waals surface area contributed by atoms with Gasteiger partial charge in [0, 0.05) is 12.2 Å². The summed E-state index contributed by atoms with van der Waals surface area (Å²) in [6.45, 7) is 5.46. The molecule has 0 radical (unpaired) electrons. The van der Waals surface area contributed by atoms with Gasteiger partial charge >= 0.3 is 0 Å². The van der Waals surface area contributed by atoms with E-state index in [1.54, 1.807) is 0 Å². The Morgan fingerprint density at radius 3 is 2.87 bits per heavy atom. The van der Waals surface area contributed by atoms with Crippen LogP contribution in [-0.4, -0.2) is 19.6 Å². The Hall–Kier alpha value is -1.02. The number of hydrogen-bond donors (Lipinski definition) is 2. The van der Waals surface area contributed by atoms with Gasteiger partial charge in [0.25, 0.3) is 0 Å². The normalized spacial score (nSPS) is 17.7. The van der Waals surface area contributed by atoms with Crippen LogP contribution in [0.3, 0.4) is 0 Å². The molecule has 0 amide bonds. The summed E-state index contributed by atoms with van der Waals surface area (Å²) >= 11 is 0. The van der Waals surface area contributed by atoms with Crippen LogP contribution in [0.5, 0.6) is 0 Å². The van der Waals surface area contributed by atoms with Gasteiger partial charge in [0.15, 0.2) is 0 Å². The average molecular weight is 204 g/mol.